The molecule has 0 radical (unpaired) electrons. The zero-order valence-electron chi connectivity index (χ0n) is 12.9. The van der Waals surface area contributed by atoms with Crippen LogP contribution in [0, 0.1) is 12.3 Å². The SMILES string of the molecule is Cc1cc(NC(=O)C2(C(=O)O)CC2)ccc1C(=O)NC(C)C. The maximum absolute atomic E-state index is 12.0. The lowest BCUT2D eigenvalue weighted by molar-refractivity contribution is -0.147. The van der Waals surface area contributed by atoms with Crippen molar-refractivity contribution in [2.24, 2.45) is 5.41 Å². The highest BCUT2D eigenvalue weighted by Crippen LogP contribution is 2.46. The Kier molecular flexibility index (Phi) is 4.21. The van der Waals surface area contributed by atoms with Gasteiger partial charge in [0.05, 0.1) is 0 Å². The van der Waals surface area contributed by atoms with Crippen LogP contribution in [0.15, 0.2) is 18.2 Å². The number of nitrogens with one attached hydrogen (secondary N) is 2. The first-order chi connectivity index (χ1) is 10.3. The van der Waals surface area contributed by atoms with Gasteiger partial charge in [-0.15, -0.1) is 0 Å². The fraction of sp³-hybridized carbons (Fsp3) is 0.438. The van der Waals surface area contributed by atoms with Crippen LogP contribution in [0.25, 0.3) is 0 Å². The van der Waals surface area contributed by atoms with Crippen molar-refractivity contribution in [2.75, 3.05) is 5.32 Å². The molecule has 0 aromatic heterocycles. The summed E-state index contributed by atoms with van der Waals surface area (Å²) in [7, 11) is 0. The Balaban J connectivity index is 2.12. The van der Waals surface area contributed by atoms with Crippen LogP contribution in [0.5, 0.6) is 0 Å². The van der Waals surface area contributed by atoms with Gasteiger partial charge in [-0.05, 0) is 57.4 Å². The third kappa shape index (κ3) is 3.10. The molecule has 0 atom stereocenters. The summed E-state index contributed by atoms with van der Waals surface area (Å²) < 4.78 is 0. The van der Waals surface area contributed by atoms with Crippen molar-refractivity contribution >= 4 is 23.5 Å². The Hall–Kier alpha value is -2.37. The van der Waals surface area contributed by atoms with Crippen molar-refractivity contribution in [1.29, 1.82) is 0 Å². The standard InChI is InChI=1S/C16H20N2O4/c1-9(2)17-13(19)12-5-4-11(8-10(12)3)18-14(20)16(6-7-16)15(21)22/h4-5,8-9H,6-7H2,1-3H3,(H,17,19)(H,18,20)(H,21,22). The maximum atomic E-state index is 12.0. The Morgan fingerprint density at radius 1 is 1.23 bits per heavy atom. The number of aryl methyl sites for hydroxylation is 1. The molecule has 1 aliphatic rings. The molecule has 2 rings (SSSR count). The van der Waals surface area contributed by atoms with Gasteiger partial charge in [0.1, 0.15) is 5.41 Å². The van der Waals surface area contributed by atoms with Crippen molar-refractivity contribution in [3.8, 4) is 0 Å². The van der Waals surface area contributed by atoms with Crippen LogP contribution < -0.4 is 10.6 Å². The smallest absolute Gasteiger partial charge is 0.319 e. The Morgan fingerprint density at radius 3 is 2.32 bits per heavy atom. The summed E-state index contributed by atoms with van der Waals surface area (Å²) >= 11 is 0. The van der Waals surface area contributed by atoms with E-state index in [1.54, 1.807) is 25.1 Å². The molecule has 6 nitrogen and oxygen atoms in total. The van der Waals surface area contributed by atoms with Crippen molar-refractivity contribution < 1.29 is 19.5 Å². The number of carboxylic acid groups (broad SMARTS) is 1. The van der Waals surface area contributed by atoms with Gasteiger partial charge in [0.15, 0.2) is 0 Å². The average molecular weight is 304 g/mol. The number of carbonyl (C=O) groups is 3. The number of benzene rings is 1. The second-order valence-corrected chi connectivity index (χ2v) is 6.00. The number of amides is 2. The van der Waals surface area contributed by atoms with E-state index in [0.29, 0.717) is 24.1 Å². The van der Waals surface area contributed by atoms with Crippen molar-refractivity contribution in [3.05, 3.63) is 29.3 Å². The van der Waals surface area contributed by atoms with E-state index in [1.807, 2.05) is 13.8 Å². The molecule has 0 unspecified atom stereocenters. The molecule has 0 aliphatic heterocycles. The lowest BCUT2D eigenvalue weighted by atomic mass is 10.0. The number of hydrogen-bond acceptors (Lipinski definition) is 3. The van der Waals surface area contributed by atoms with E-state index in [9.17, 15) is 14.4 Å². The summed E-state index contributed by atoms with van der Waals surface area (Å²) in [5.41, 5.74) is 0.472. The van der Waals surface area contributed by atoms with Gasteiger partial charge < -0.3 is 15.7 Å². The normalized spacial score (nSPS) is 15.3. The third-order valence-electron chi connectivity index (χ3n) is 3.74. The molecule has 1 saturated carbocycles. The van der Waals surface area contributed by atoms with Gasteiger partial charge in [-0.1, -0.05) is 0 Å². The molecule has 0 bridgehead atoms. The number of hydrogen-bond donors (Lipinski definition) is 3. The van der Waals surface area contributed by atoms with Crippen LogP contribution >= 0.6 is 0 Å². The highest BCUT2D eigenvalue weighted by molar-refractivity contribution is 6.11. The summed E-state index contributed by atoms with van der Waals surface area (Å²) in [6.45, 7) is 5.53. The number of carboxylic acids is 1. The Labute approximate surface area is 128 Å². The van der Waals surface area contributed by atoms with E-state index in [1.165, 1.54) is 0 Å². The molecular formula is C16H20N2O4. The topological polar surface area (TPSA) is 95.5 Å². The molecule has 3 N–H and O–H groups in total. The predicted octanol–water partition coefficient (Wildman–Crippen LogP) is 1.94. The average Bonchev–Trinajstić information content (AvgIpc) is 3.18. The first kappa shape index (κ1) is 16.0. The minimum atomic E-state index is -1.28. The summed E-state index contributed by atoms with van der Waals surface area (Å²) in [6, 6.07) is 4.95. The molecule has 1 aliphatic carbocycles. The zero-order chi connectivity index (χ0) is 16.5. The van der Waals surface area contributed by atoms with E-state index >= 15 is 0 Å². The lowest BCUT2D eigenvalue weighted by Crippen LogP contribution is -2.32. The first-order valence-electron chi connectivity index (χ1n) is 7.22. The van der Waals surface area contributed by atoms with E-state index < -0.39 is 17.3 Å². The zero-order valence-corrected chi connectivity index (χ0v) is 12.9. The number of carbonyl (C=O) groups excluding carboxylic acids is 2. The van der Waals surface area contributed by atoms with Gasteiger partial charge in [0.25, 0.3) is 5.91 Å². The fourth-order valence-electron chi connectivity index (χ4n) is 2.25. The van der Waals surface area contributed by atoms with Gasteiger partial charge in [-0.3, -0.25) is 14.4 Å². The van der Waals surface area contributed by atoms with Crippen molar-refractivity contribution in [1.82, 2.24) is 5.32 Å². The summed E-state index contributed by atoms with van der Waals surface area (Å²) in [5, 5.41) is 14.5. The molecule has 2 amide bonds. The summed E-state index contributed by atoms with van der Waals surface area (Å²) in [4.78, 5) is 35.1. The van der Waals surface area contributed by atoms with Crippen LogP contribution in [0.3, 0.4) is 0 Å². The van der Waals surface area contributed by atoms with Crippen molar-refractivity contribution in [3.63, 3.8) is 0 Å². The molecule has 0 saturated heterocycles. The van der Waals surface area contributed by atoms with Gasteiger partial charge in [-0.2, -0.15) is 0 Å². The fourth-order valence-corrected chi connectivity index (χ4v) is 2.25. The first-order valence-corrected chi connectivity index (χ1v) is 7.22. The van der Waals surface area contributed by atoms with Crippen LogP contribution in [-0.2, 0) is 9.59 Å². The minimum absolute atomic E-state index is 0.0385. The molecule has 6 heteroatoms. The second-order valence-electron chi connectivity index (χ2n) is 6.00. The van der Waals surface area contributed by atoms with Crippen LogP contribution in [0.2, 0.25) is 0 Å². The van der Waals surface area contributed by atoms with Gasteiger partial charge >= 0.3 is 5.97 Å². The molecule has 1 fully saturated rings. The van der Waals surface area contributed by atoms with Crippen LogP contribution in [-0.4, -0.2) is 28.9 Å². The summed E-state index contributed by atoms with van der Waals surface area (Å²) in [6.07, 6.45) is 0.726. The Morgan fingerprint density at radius 2 is 1.86 bits per heavy atom. The van der Waals surface area contributed by atoms with Crippen LogP contribution in [0.4, 0.5) is 5.69 Å². The largest absolute Gasteiger partial charge is 0.480 e. The molecule has 1 aromatic carbocycles. The predicted molar refractivity (Wildman–Crippen MR) is 81.7 cm³/mol. The number of aliphatic carboxylic acids is 1. The quantitative estimate of drug-likeness (QED) is 0.724. The van der Waals surface area contributed by atoms with E-state index in [4.69, 9.17) is 5.11 Å². The molecule has 22 heavy (non-hydrogen) atoms. The Bertz CT molecular complexity index is 633. The third-order valence-corrected chi connectivity index (χ3v) is 3.74. The van der Waals surface area contributed by atoms with Crippen molar-refractivity contribution in [2.45, 2.75) is 39.7 Å². The second kappa shape index (κ2) is 5.79. The monoisotopic (exact) mass is 304 g/mol. The lowest BCUT2D eigenvalue weighted by Gasteiger charge is -2.14. The highest BCUT2D eigenvalue weighted by Gasteiger charge is 2.57. The highest BCUT2D eigenvalue weighted by atomic mass is 16.4. The number of rotatable bonds is 5. The van der Waals surface area contributed by atoms with Gasteiger partial charge in [0, 0.05) is 17.3 Å². The molecule has 0 spiro atoms. The van der Waals surface area contributed by atoms with Crippen LogP contribution in [0.1, 0.15) is 42.6 Å². The van der Waals surface area contributed by atoms with E-state index in [-0.39, 0.29) is 11.9 Å². The maximum Gasteiger partial charge on any atom is 0.319 e. The molecule has 1 aromatic rings. The van der Waals surface area contributed by atoms with E-state index in [2.05, 4.69) is 10.6 Å². The minimum Gasteiger partial charge on any atom is -0.480 e. The van der Waals surface area contributed by atoms with E-state index in [0.717, 1.165) is 5.56 Å². The van der Waals surface area contributed by atoms with Gasteiger partial charge in [-0.25, -0.2) is 0 Å². The molecule has 118 valence electrons. The summed E-state index contributed by atoms with van der Waals surface area (Å²) in [5.74, 6) is -1.76. The van der Waals surface area contributed by atoms with Gasteiger partial charge in [0.2, 0.25) is 5.91 Å². The molecule has 0 heterocycles. The molecular weight excluding hydrogens is 284 g/mol. The number of anilines is 1.